The van der Waals surface area contributed by atoms with Crippen molar-refractivity contribution < 1.29 is 14.3 Å². The standard InChI is InChI=1S/C21H21N3O4/c1-3-28-21(26)22-16-7-4-6-15(12-16)13-19-20(25)10-11-24(23-19)17-8-5-9-18(14-17)27-2/h4-12,14H,3,13H2,1-2H3,(H,22,26). The molecule has 28 heavy (non-hydrogen) atoms. The van der Waals surface area contributed by atoms with Crippen LogP contribution in [0.4, 0.5) is 10.5 Å². The van der Waals surface area contributed by atoms with Crippen LogP contribution in [0.15, 0.2) is 65.6 Å². The van der Waals surface area contributed by atoms with Crippen LogP contribution in [-0.2, 0) is 11.2 Å². The van der Waals surface area contributed by atoms with E-state index in [0.29, 0.717) is 30.2 Å². The summed E-state index contributed by atoms with van der Waals surface area (Å²) < 4.78 is 11.8. The Kier molecular flexibility index (Phi) is 6.06. The van der Waals surface area contributed by atoms with Crippen molar-refractivity contribution >= 4 is 11.8 Å². The number of anilines is 1. The molecule has 0 unspecified atom stereocenters. The van der Waals surface area contributed by atoms with Gasteiger partial charge in [-0.25, -0.2) is 9.48 Å². The fourth-order valence-electron chi connectivity index (χ4n) is 2.70. The first kappa shape index (κ1) is 19.2. The summed E-state index contributed by atoms with van der Waals surface area (Å²) in [7, 11) is 1.60. The SMILES string of the molecule is CCOC(=O)Nc1cccc(Cc2nn(-c3cccc(OC)c3)ccc2=O)c1. The van der Waals surface area contributed by atoms with Gasteiger partial charge in [0, 0.05) is 30.4 Å². The molecule has 0 saturated heterocycles. The summed E-state index contributed by atoms with van der Waals surface area (Å²) in [4.78, 5) is 23.9. The highest BCUT2D eigenvalue weighted by atomic mass is 16.5. The van der Waals surface area contributed by atoms with Gasteiger partial charge in [0.15, 0.2) is 0 Å². The summed E-state index contributed by atoms with van der Waals surface area (Å²) in [6.07, 6.45) is 1.44. The number of amides is 1. The van der Waals surface area contributed by atoms with Crippen LogP contribution in [0.1, 0.15) is 18.2 Å². The van der Waals surface area contributed by atoms with Crippen LogP contribution in [0, 0.1) is 0 Å². The van der Waals surface area contributed by atoms with E-state index in [-0.39, 0.29) is 5.43 Å². The Morgan fingerprint density at radius 3 is 2.75 bits per heavy atom. The van der Waals surface area contributed by atoms with Gasteiger partial charge in [-0.1, -0.05) is 18.2 Å². The van der Waals surface area contributed by atoms with Crippen molar-refractivity contribution in [2.45, 2.75) is 13.3 Å². The van der Waals surface area contributed by atoms with Gasteiger partial charge in [-0.15, -0.1) is 0 Å². The zero-order chi connectivity index (χ0) is 19.9. The van der Waals surface area contributed by atoms with E-state index in [4.69, 9.17) is 9.47 Å². The molecule has 0 aliphatic rings. The van der Waals surface area contributed by atoms with Crippen molar-refractivity contribution in [1.29, 1.82) is 0 Å². The molecule has 3 aromatic rings. The van der Waals surface area contributed by atoms with Gasteiger partial charge in [0.25, 0.3) is 0 Å². The van der Waals surface area contributed by atoms with Gasteiger partial charge in [0.1, 0.15) is 11.4 Å². The van der Waals surface area contributed by atoms with Crippen LogP contribution in [0.25, 0.3) is 5.69 Å². The Morgan fingerprint density at radius 1 is 1.14 bits per heavy atom. The van der Waals surface area contributed by atoms with Crippen molar-refractivity contribution in [1.82, 2.24) is 9.78 Å². The van der Waals surface area contributed by atoms with Crippen LogP contribution >= 0.6 is 0 Å². The number of carbonyl (C=O) groups excluding carboxylic acids is 1. The van der Waals surface area contributed by atoms with Crippen molar-refractivity contribution in [2.75, 3.05) is 19.0 Å². The average Bonchev–Trinajstić information content (AvgIpc) is 2.70. The van der Waals surface area contributed by atoms with Crippen molar-refractivity contribution in [3.05, 3.63) is 82.3 Å². The summed E-state index contributed by atoms with van der Waals surface area (Å²) in [6.45, 7) is 2.04. The molecule has 3 rings (SSSR count). The molecular weight excluding hydrogens is 358 g/mol. The van der Waals surface area contributed by atoms with Gasteiger partial charge in [0.05, 0.1) is 19.4 Å². The first-order valence-electron chi connectivity index (χ1n) is 8.85. The second-order valence-corrected chi connectivity index (χ2v) is 6.00. The number of hydrogen-bond acceptors (Lipinski definition) is 5. The fourth-order valence-corrected chi connectivity index (χ4v) is 2.70. The number of rotatable bonds is 6. The van der Waals surface area contributed by atoms with Gasteiger partial charge < -0.3 is 9.47 Å². The zero-order valence-corrected chi connectivity index (χ0v) is 15.7. The molecule has 0 aliphatic carbocycles. The zero-order valence-electron chi connectivity index (χ0n) is 15.7. The number of carbonyl (C=O) groups is 1. The molecule has 0 saturated carbocycles. The predicted molar refractivity (Wildman–Crippen MR) is 106 cm³/mol. The number of hydrogen-bond donors (Lipinski definition) is 1. The Hall–Kier alpha value is -3.61. The normalized spacial score (nSPS) is 10.4. The highest BCUT2D eigenvalue weighted by Crippen LogP contribution is 2.16. The van der Waals surface area contributed by atoms with Crippen LogP contribution < -0.4 is 15.5 Å². The van der Waals surface area contributed by atoms with Crippen LogP contribution in [0.2, 0.25) is 0 Å². The molecule has 1 heterocycles. The number of ether oxygens (including phenoxy) is 2. The quantitative estimate of drug-likeness (QED) is 0.710. The second kappa shape index (κ2) is 8.85. The molecule has 1 aromatic heterocycles. The Bertz CT molecular complexity index is 1030. The number of aromatic nitrogens is 2. The van der Waals surface area contributed by atoms with E-state index >= 15 is 0 Å². The fraction of sp³-hybridized carbons (Fsp3) is 0.190. The van der Waals surface area contributed by atoms with E-state index in [1.54, 1.807) is 43.1 Å². The maximum atomic E-state index is 12.3. The topological polar surface area (TPSA) is 82.4 Å². The van der Waals surface area contributed by atoms with E-state index in [0.717, 1.165) is 11.3 Å². The van der Waals surface area contributed by atoms with Gasteiger partial charge >= 0.3 is 6.09 Å². The first-order valence-corrected chi connectivity index (χ1v) is 8.85. The molecule has 0 spiro atoms. The van der Waals surface area contributed by atoms with Crippen LogP contribution in [0.5, 0.6) is 5.75 Å². The van der Waals surface area contributed by atoms with E-state index in [2.05, 4.69) is 10.4 Å². The van der Waals surface area contributed by atoms with Crippen LogP contribution in [0.3, 0.4) is 0 Å². The Morgan fingerprint density at radius 2 is 1.96 bits per heavy atom. The van der Waals surface area contributed by atoms with E-state index in [1.807, 2.05) is 30.3 Å². The van der Waals surface area contributed by atoms with Gasteiger partial charge in [0.2, 0.25) is 5.43 Å². The third-order valence-electron chi connectivity index (χ3n) is 4.02. The van der Waals surface area contributed by atoms with Gasteiger partial charge in [-0.3, -0.25) is 10.1 Å². The van der Waals surface area contributed by atoms with E-state index in [1.165, 1.54) is 6.07 Å². The van der Waals surface area contributed by atoms with Gasteiger partial charge in [-0.2, -0.15) is 5.10 Å². The molecule has 0 bridgehead atoms. The molecule has 7 nitrogen and oxygen atoms in total. The lowest BCUT2D eigenvalue weighted by Crippen LogP contribution is -2.16. The monoisotopic (exact) mass is 379 g/mol. The molecule has 1 N–H and O–H groups in total. The molecule has 1 amide bonds. The summed E-state index contributed by atoms with van der Waals surface area (Å²) in [5.41, 5.74) is 2.49. The van der Waals surface area contributed by atoms with E-state index < -0.39 is 6.09 Å². The van der Waals surface area contributed by atoms with Crippen molar-refractivity contribution in [2.24, 2.45) is 0 Å². The van der Waals surface area contributed by atoms with Crippen LogP contribution in [-0.4, -0.2) is 29.6 Å². The molecule has 0 aliphatic heterocycles. The molecule has 0 fully saturated rings. The lowest BCUT2D eigenvalue weighted by atomic mass is 10.1. The number of nitrogens with zero attached hydrogens (tertiary/aromatic N) is 2. The molecule has 0 atom stereocenters. The van der Waals surface area contributed by atoms with Crippen molar-refractivity contribution in [3.63, 3.8) is 0 Å². The number of nitrogens with one attached hydrogen (secondary N) is 1. The molecule has 144 valence electrons. The van der Waals surface area contributed by atoms with Gasteiger partial charge in [-0.05, 0) is 36.8 Å². The number of benzene rings is 2. The highest BCUT2D eigenvalue weighted by Gasteiger charge is 2.08. The smallest absolute Gasteiger partial charge is 0.411 e. The lowest BCUT2D eigenvalue weighted by molar-refractivity contribution is 0.168. The second-order valence-electron chi connectivity index (χ2n) is 6.00. The summed E-state index contributed by atoms with van der Waals surface area (Å²) in [5.74, 6) is 0.706. The first-order chi connectivity index (χ1) is 13.6. The van der Waals surface area contributed by atoms with E-state index in [9.17, 15) is 9.59 Å². The molecule has 2 aromatic carbocycles. The number of methoxy groups -OCH3 is 1. The Labute approximate surface area is 162 Å². The average molecular weight is 379 g/mol. The predicted octanol–water partition coefficient (Wildman–Crippen LogP) is 3.40. The highest BCUT2D eigenvalue weighted by molar-refractivity contribution is 5.84. The molecule has 0 radical (unpaired) electrons. The third-order valence-corrected chi connectivity index (χ3v) is 4.02. The summed E-state index contributed by atoms with van der Waals surface area (Å²) >= 11 is 0. The minimum absolute atomic E-state index is 0.150. The maximum absolute atomic E-state index is 12.3. The minimum Gasteiger partial charge on any atom is -0.497 e. The largest absolute Gasteiger partial charge is 0.497 e. The molecular formula is C21H21N3O4. The Balaban J connectivity index is 1.84. The minimum atomic E-state index is -0.516. The summed E-state index contributed by atoms with van der Waals surface area (Å²) in [5, 5.41) is 7.12. The lowest BCUT2D eigenvalue weighted by Gasteiger charge is -2.10. The summed E-state index contributed by atoms with van der Waals surface area (Å²) in [6, 6.07) is 16.1. The maximum Gasteiger partial charge on any atom is 0.411 e. The molecule has 7 heteroatoms. The third kappa shape index (κ3) is 4.76. The van der Waals surface area contributed by atoms with Crippen molar-refractivity contribution in [3.8, 4) is 11.4 Å².